The fraction of sp³-hybridized carbons (Fsp3) is 0.0667. The predicted molar refractivity (Wildman–Crippen MR) is 84.2 cm³/mol. The Kier molecular flexibility index (Phi) is 6.07. The van der Waals surface area contributed by atoms with Gasteiger partial charge in [-0.1, -0.05) is 0 Å². The molecule has 3 rings (SSSR count). The quantitative estimate of drug-likeness (QED) is 0.709. The summed E-state index contributed by atoms with van der Waals surface area (Å²) in [5.41, 5.74) is 3.83. The van der Waals surface area contributed by atoms with Gasteiger partial charge in [0.15, 0.2) is 0 Å². The van der Waals surface area contributed by atoms with Crippen molar-refractivity contribution in [3.05, 3.63) is 69.3 Å². The summed E-state index contributed by atoms with van der Waals surface area (Å²) >= 11 is 3.45. The van der Waals surface area contributed by atoms with Crippen LogP contribution in [-0.2, 0) is 0 Å². The fourth-order valence-corrected chi connectivity index (χ4v) is 3.25. The third-order valence-corrected chi connectivity index (χ3v) is 4.24. The van der Waals surface area contributed by atoms with Gasteiger partial charge in [0.05, 0.1) is 0 Å². The first-order valence-electron chi connectivity index (χ1n) is 6.29. The molecule has 0 radical (unpaired) electrons. The summed E-state index contributed by atoms with van der Waals surface area (Å²) in [6, 6.07) is 6.15. The Labute approximate surface area is 137 Å². The van der Waals surface area contributed by atoms with E-state index < -0.39 is 0 Å². The first-order valence-corrected chi connectivity index (χ1v) is 8.17. The molecule has 3 heterocycles. The van der Waals surface area contributed by atoms with Crippen LogP contribution in [-0.4, -0.2) is 16.5 Å². The number of halogens is 1. The van der Waals surface area contributed by atoms with Crippen LogP contribution in [0.25, 0.3) is 5.57 Å². The van der Waals surface area contributed by atoms with Crippen molar-refractivity contribution < 1.29 is 17.7 Å². The highest BCUT2D eigenvalue weighted by Gasteiger charge is 2.06. The molecule has 0 saturated heterocycles. The van der Waals surface area contributed by atoms with Crippen molar-refractivity contribution in [2.45, 2.75) is 0 Å². The topological polar surface area (TPSA) is 42.4 Å². The van der Waals surface area contributed by atoms with Crippen molar-refractivity contribution in [1.82, 2.24) is 9.97 Å². The van der Waals surface area contributed by atoms with Crippen molar-refractivity contribution in [1.29, 1.82) is 0 Å². The molecule has 0 bridgehead atoms. The molecular formula is C15H14ClN3S2. The lowest BCUT2D eigenvalue weighted by Gasteiger charge is -2.03. The van der Waals surface area contributed by atoms with Crippen LogP contribution in [0.1, 0.15) is 11.1 Å². The summed E-state index contributed by atoms with van der Waals surface area (Å²) in [4.78, 5) is 8.42. The van der Waals surface area contributed by atoms with Gasteiger partial charge in [-0.15, -0.1) is 0 Å². The Bertz CT molecular complexity index is 628. The highest BCUT2D eigenvalue weighted by molar-refractivity contribution is 7.08. The van der Waals surface area contributed by atoms with E-state index in [2.05, 4.69) is 49.7 Å². The largest absolute Gasteiger partial charge is 1.00 e. The van der Waals surface area contributed by atoms with Gasteiger partial charge in [0.25, 0.3) is 0 Å². The van der Waals surface area contributed by atoms with Gasteiger partial charge in [-0.2, -0.15) is 32.6 Å². The van der Waals surface area contributed by atoms with E-state index in [9.17, 15) is 0 Å². The molecule has 0 saturated carbocycles. The van der Waals surface area contributed by atoms with E-state index in [0.29, 0.717) is 0 Å². The maximum atomic E-state index is 4.21. The molecule has 0 fully saturated rings. The number of thiophene rings is 2. The molecule has 6 heteroatoms. The van der Waals surface area contributed by atoms with Crippen LogP contribution in [0, 0.1) is 0 Å². The van der Waals surface area contributed by atoms with Crippen molar-refractivity contribution in [2.75, 3.05) is 6.54 Å². The van der Waals surface area contributed by atoms with Gasteiger partial charge in [0.1, 0.15) is 6.54 Å². The van der Waals surface area contributed by atoms with Gasteiger partial charge >= 0.3 is 5.95 Å². The van der Waals surface area contributed by atoms with Crippen LogP contribution in [0.5, 0.6) is 0 Å². The highest BCUT2D eigenvalue weighted by atomic mass is 35.5. The van der Waals surface area contributed by atoms with Gasteiger partial charge < -0.3 is 12.4 Å². The van der Waals surface area contributed by atoms with Crippen LogP contribution < -0.4 is 17.7 Å². The minimum absolute atomic E-state index is 0. The smallest absolute Gasteiger partial charge is 0.325 e. The summed E-state index contributed by atoms with van der Waals surface area (Å²) < 4.78 is 0. The molecule has 0 amide bonds. The second kappa shape index (κ2) is 8.05. The van der Waals surface area contributed by atoms with Crippen LogP contribution in [0.15, 0.2) is 58.2 Å². The minimum atomic E-state index is 0. The Balaban J connectivity index is 0.00000161. The Morgan fingerprint density at radius 3 is 2.19 bits per heavy atom. The monoisotopic (exact) mass is 335 g/mol. The molecule has 21 heavy (non-hydrogen) atoms. The first-order chi connectivity index (χ1) is 9.93. The van der Waals surface area contributed by atoms with E-state index in [0.717, 1.165) is 12.5 Å². The summed E-state index contributed by atoms with van der Waals surface area (Å²) in [5, 5.41) is 10.6. The SMILES string of the molecule is C(C[NH2+]c1ncccn1)=C(c1ccsc1)c1ccsc1.[Cl-]. The normalized spacial score (nSPS) is 9.90. The Morgan fingerprint density at radius 2 is 1.67 bits per heavy atom. The van der Waals surface area contributed by atoms with E-state index >= 15 is 0 Å². The highest BCUT2D eigenvalue weighted by Crippen LogP contribution is 2.26. The predicted octanol–water partition coefficient (Wildman–Crippen LogP) is -0.0696. The van der Waals surface area contributed by atoms with Gasteiger partial charge in [-0.05, 0) is 62.5 Å². The number of hydrogen-bond acceptors (Lipinski definition) is 4. The van der Waals surface area contributed by atoms with Crippen LogP contribution in [0.4, 0.5) is 5.95 Å². The Hall–Kier alpha value is -1.53. The molecule has 3 aromatic rings. The van der Waals surface area contributed by atoms with E-state index in [4.69, 9.17) is 0 Å². The first kappa shape index (κ1) is 15.9. The van der Waals surface area contributed by atoms with E-state index in [1.54, 1.807) is 35.1 Å². The summed E-state index contributed by atoms with van der Waals surface area (Å²) in [6.45, 7) is 0.824. The second-order valence-electron chi connectivity index (χ2n) is 4.19. The Morgan fingerprint density at radius 1 is 1.05 bits per heavy atom. The lowest BCUT2D eigenvalue weighted by molar-refractivity contribution is -0.568. The molecule has 0 aliphatic rings. The zero-order valence-corrected chi connectivity index (χ0v) is 13.5. The summed E-state index contributed by atoms with van der Waals surface area (Å²) in [5.74, 6) is 0.777. The van der Waals surface area contributed by atoms with Crippen LogP contribution in [0.3, 0.4) is 0 Å². The van der Waals surface area contributed by atoms with E-state index in [-0.39, 0.29) is 12.4 Å². The maximum Gasteiger partial charge on any atom is 0.325 e. The van der Waals surface area contributed by atoms with E-state index in [1.807, 2.05) is 11.4 Å². The molecule has 108 valence electrons. The molecule has 0 spiro atoms. The number of aromatic nitrogens is 2. The standard InChI is InChI=1S/C15H13N3S2.ClH/c1-5-16-15(17-6-1)18-7-2-14(12-3-8-19-10-12)13-4-9-20-11-13;/h1-6,8-11H,7H2,(H,16,17,18);1H. The number of nitrogens with zero attached hydrogens (tertiary/aromatic N) is 2. The third-order valence-electron chi connectivity index (χ3n) is 2.87. The molecule has 2 N–H and O–H groups in total. The molecule has 0 aliphatic carbocycles. The number of quaternary nitrogens is 1. The van der Waals surface area contributed by atoms with Crippen molar-refractivity contribution in [3.63, 3.8) is 0 Å². The average molecular weight is 336 g/mol. The van der Waals surface area contributed by atoms with Gasteiger partial charge in [0, 0.05) is 12.4 Å². The third kappa shape index (κ3) is 4.22. The zero-order valence-electron chi connectivity index (χ0n) is 11.1. The molecular weight excluding hydrogens is 322 g/mol. The van der Waals surface area contributed by atoms with Crippen LogP contribution in [0.2, 0.25) is 0 Å². The molecule has 0 atom stereocenters. The molecule has 3 aromatic heterocycles. The second-order valence-corrected chi connectivity index (χ2v) is 5.75. The van der Waals surface area contributed by atoms with Gasteiger partial charge in [0.2, 0.25) is 0 Å². The molecule has 3 nitrogen and oxygen atoms in total. The number of rotatable bonds is 5. The summed E-state index contributed by atoms with van der Waals surface area (Å²) in [7, 11) is 0. The van der Waals surface area contributed by atoms with Crippen molar-refractivity contribution in [3.8, 4) is 0 Å². The zero-order chi connectivity index (χ0) is 13.6. The number of hydrogen-bond donors (Lipinski definition) is 1. The molecule has 0 aliphatic heterocycles. The lowest BCUT2D eigenvalue weighted by Crippen LogP contribution is -3.00. The van der Waals surface area contributed by atoms with Crippen LogP contribution >= 0.6 is 22.7 Å². The fourth-order valence-electron chi connectivity index (χ4n) is 1.94. The average Bonchev–Trinajstić information content (AvgIpc) is 3.18. The van der Waals surface area contributed by atoms with Crippen molar-refractivity contribution in [2.24, 2.45) is 0 Å². The maximum absolute atomic E-state index is 4.21. The summed E-state index contributed by atoms with van der Waals surface area (Å²) in [6.07, 6.45) is 5.77. The molecule has 0 aromatic carbocycles. The van der Waals surface area contributed by atoms with E-state index in [1.165, 1.54) is 16.7 Å². The lowest BCUT2D eigenvalue weighted by atomic mass is 10.0. The van der Waals surface area contributed by atoms with Crippen molar-refractivity contribution >= 4 is 34.2 Å². The van der Waals surface area contributed by atoms with Gasteiger partial charge in [-0.3, -0.25) is 5.32 Å². The minimum Gasteiger partial charge on any atom is -1.00 e. The molecule has 0 unspecified atom stereocenters. The number of nitrogens with two attached hydrogens (primary N) is 1. The van der Waals surface area contributed by atoms with Gasteiger partial charge in [-0.25, -0.2) is 0 Å².